The minimum absolute atomic E-state index is 0.127. The van der Waals surface area contributed by atoms with Crippen LogP contribution in [0.5, 0.6) is 0 Å². The van der Waals surface area contributed by atoms with Gasteiger partial charge in [0.2, 0.25) is 20.0 Å². The van der Waals surface area contributed by atoms with Gasteiger partial charge in [-0.1, -0.05) is 6.92 Å². The molecule has 0 aromatic rings. The Kier molecular flexibility index (Phi) is 8.97. The van der Waals surface area contributed by atoms with E-state index in [1.54, 1.807) is 18.2 Å². The zero-order chi connectivity index (χ0) is 20.7. The predicted octanol–water partition coefficient (Wildman–Crippen LogP) is 0.0735. The van der Waals surface area contributed by atoms with E-state index in [1.807, 2.05) is 13.8 Å². The fourth-order valence-corrected chi connectivity index (χ4v) is 5.60. The predicted molar refractivity (Wildman–Crippen MR) is 110 cm³/mol. The van der Waals surface area contributed by atoms with Crippen LogP contribution in [0, 0.1) is 0 Å². The summed E-state index contributed by atoms with van der Waals surface area (Å²) in [6.07, 6.45) is 3.16. The molecule has 0 atom stereocenters. The van der Waals surface area contributed by atoms with Crippen LogP contribution in [0.1, 0.15) is 47.0 Å². The SMILES string of the molecule is CCCS(=O)(=O)N1CCC(NC(=NCC(C)(C)NS(C)(=O)=O)NCC)CC1. The zero-order valence-corrected chi connectivity index (χ0v) is 18.7. The minimum Gasteiger partial charge on any atom is -0.357 e. The Morgan fingerprint density at radius 1 is 1.15 bits per heavy atom. The third-order valence-electron chi connectivity index (χ3n) is 4.09. The molecule has 0 aliphatic carbocycles. The summed E-state index contributed by atoms with van der Waals surface area (Å²) in [5.41, 5.74) is -0.701. The second-order valence-corrected chi connectivity index (χ2v) is 11.4. The molecule has 27 heavy (non-hydrogen) atoms. The lowest BCUT2D eigenvalue weighted by Crippen LogP contribution is -2.51. The number of nitrogens with zero attached hydrogens (tertiary/aromatic N) is 2. The Hall–Kier alpha value is -0.910. The molecule has 3 N–H and O–H groups in total. The van der Waals surface area contributed by atoms with Crippen molar-refractivity contribution in [1.29, 1.82) is 0 Å². The molecule has 1 saturated heterocycles. The van der Waals surface area contributed by atoms with Gasteiger partial charge in [-0.05, 0) is 40.0 Å². The third kappa shape index (κ3) is 9.22. The van der Waals surface area contributed by atoms with Crippen molar-refractivity contribution in [3.63, 3.8) is 0 Å². The summed E-state index contributed by atoms with van der Waals surface area (Å²) in [5, 5.41) is 6.49. The van der Waals surface area contributed by atoms with Crippen molar-refractivity contribution < 1.29 is 16.8 Å². The highest BCUT2D eigenvalue weighted by molar-refractivity contribution is 7.89. The van der Waals surface area contributed by atoms with Crippen LogP contribution in [0.15, 0.2) is 4.99 Å². The van der Waals surface area contributed by atoms with Gasteiger partial charge < -0.3 is 10.6 Å². The number of nitrogens with one attached hydrogen (secondary N) is 3. The molecule has 0 aromatic carbocycles. The van der Waals surface area contributed by atoms with Crippen LogP contribution in [-0.4, -0.2) is 76.9 Å². The highest BCUT2D eigenvalue weighted by Gasteiger charge is 2.28. The summed E-state index contributed by atoms with van der Waals surface area (Å²) in [5.74, 6) is 0.799. The molecule has 0 unspecified atom stereocenters. The minimum atomic E-state index is -3.32. The summed E-state index contributed by atoms with van der Waals surface area (Å²) in [4.78, 5) is 4.50. The lowest BCUT2D eigenvalue weighted by Gasteiger charge is -2.32. The molecule has 1 aliphatic rings. The number of rotatable bonds is 9. The van der Waals surface area contributed by atoms with Crippen molar-refractivity contribution in [3.05, 3.63) is 0 Å². The van der Waals surface area contributed by atoms with E-state index in [1.165, 1.54) is 0 Å². The normalized spacial score (nSPS) is 18.5. The van der Waals surface area contributed by atoms with Gasteiger partial charge in [0.1, 0.15) is 0 Å². The molecule has 0 amide bonds. The van der Waals surface area contributed by atoms with E-state index < -0.39 is 25.6 Å². The Balaban J connectivity index is 2.65. The molecule has 0 radical (unpaired) electrons. The lowest BCUT2D eigenvalue weighted by molar-refractivity contribution is 0.306. The van der Waals surface area contributed by atoms with Gasteiger partial charge in [-0.2, -0.15) is 0 Å². The summed E-state index contributed by atoms with van der Waals surface area (Å²) in [7, 11) is -6.46. The molecule has 1 aliphatic heterocycles. The van der Waals surface area contributed by atoms with Crippen molar-refractivity contribution in [2.24, 2.45) is 4.99 Å². The summed E-state index contributed by atoms with van der Waals surface area (Å²) in [6.45, 7) is 9.33. The Labute approximate surface area is 164 Å². The van der Waals surface area contributed by atoms with Gasteiger partial charge in [0.05, 0.1) is 18.6 Å². The maximum atomic E-state index is 12.2. The lowest BCUT2D eigenvalue weighted by atomic mass is 10.1. The van der Waals surface area contributed by atoms with Crippen LogP contribution >= 0.6 is 0 Å². The quantitative estimate of drug-likeness (QED) is 0.355. The van der Waals surface area contributed by atoms with Crippen LogP contribution in [0.4, 0.5) is 0 Å². The largest absolute Gasteiger partial charge is 0.357 e. The van der Waals surface area contributed by atoms with Crippen LogP contribution in [-0.2, 0) is 20.0 Å². The van der Waals surface area contributed by atoms with Crippen molar-refractivity contribution >= 4 is 26.0 Å². The number of piperidine rings is 1. The van der Waals surface area contributed by atoms with E-state index in [4.69, 9.17) is 0 Å². The maximum absolute atomic E-state index is 12.2. The average molecular weight is 426 g/mol. The van der Waals surface area contributed by atoms with E-state index >= 15 is 0 Å². The Morgan fingerprint density at radius 3 is 2.22 bits per heavy atom. The Bertz CT molecular complexity index is 696. The molecule has 0 aromatic heterocycles. The van der Waals surface area contributed by atoms with E-state index in [9.17, 15) is 16.8 Å². The molecule has 9 nitrogen and oxygen atoms in total. The van der Waals surface area contributed by atoms with Crippen molar-refractivity contribution in [2.75, 3.05) is 38.2 Å². The maximum Gasteiger partial charge on any atom is 0.214 e. The second-order valence-electron chi connectivity index (χ2n) is 7.59. The molecule has 1 heterocycles. The van der Waals surface area contributed by atoms with E-state index in [-0.39, 0.29) is 18.3 Å². The molecule has 0 saturated carbocycles. The molecule has 1 rings (SSSR count). The standard InChI is InChI=1S/C16H35N5O4S2/c1-6-12-27(24,25)21-10-8-14(9-11-21)19-15(17-7-2)18-13-16(3,4)20-26(5,22)23/h14,20H,6-13H2,1-5H3,(H2,17,18,19). The summed E-state index contributed by atoms with van der Waals surface area (Å²) in [6, 6.07) is 0.127. The van der Waals surface area contributed by atoms with Gasteiger partial charge >= 0.3 is 0 Å². The fourth-order valence-electron chi connectivity index (χ4n) is 2.99. The highest BCUT2D eigenvalue weighted by Crippen LogP contribution is 2.15. The molecular formula is C16H35N5O4S2. The van der Waals surface area contributed by atoms with E-state index in [0.717, 1.165) is 6.26 Å². The van der Waals surface area contributed by atoms with Crippen molar-refractivity contribution in [1.82, 2.24) is 19.7 Å². The van der Waals surface area contributed by atoms with Gasteiger partial charge in [0, 0.05) is 31.2 Å². The van der Waals surface area contributed by atoms with Gasteiger partial charge in [0.25, 0.3) is 0 Å². The van der Waals surface area contributed by atoms with Gasteiger partial charge in [0.15, 0.2) is 5.96 Å². The summed E-state index contributed by atoms with van der Waals surface area (Å²) >= 11 is 0. The van der Waals surface area contributed by atoms with Gasteiger partial charge in [-0.25, -0.2) is 25.9 Å². The first kappa shape index (κ1) is 24.1. The van der Waals surface area contributed by atoms with Crippen LogP contribution in [0.25, 0.3) is 0 Å². The first-order valence-electron chi connectivity index (χ1n) is 9.40. The first-order valence-corrected chi connectivity index (χ1v) is 12.9. The molecule has 1 fully saturated rings. The molecule has 160 valence electrons. The van der Waals surface area contributed by atoms with Gasteiger partial charge in [-0.15, -0.1) is 0 Å². The zero-order valence-electron chi connectivity index (χ0n) is 17.1. The Morgan fingerprint density at radius 2 is 1.74 bits per heavy atom. The van der Waals surface area contributed by atoms with E-state index in [2.05, 4.69) is 20.3 Å². The number of hydrogen-bond donors (Lipinski definition) is 3. The number of aliphatic imine (C=N–C) groups is 1. The van der Waals surface area contributed by atoms with E-state index in [0.29, 0.717) is 44.9 Å². The van der Waals surface area contributed by atoms with Crippen LogP contribution < -0.4 is 15.4 Å². The van der Waals surface area contributed by atoms with Crippen LogP contribution in [0.2, 0.25) is 0 Å². The number of hydrogen-bond acceptors (Lipinski definition) is 5. The molecule has 11 heteroatoms. The third-order valence-corrected chi connectivity index (χ3v) is 7.09. The van der Waals surface area contributed by atoms with Gasteiger partial charge in [-0.3, -0.25) is 4.99 Å². The smallest absolute Gasteiger partial charge is 0.214 e. The fraction of sp³-hybridized carbons (Fsp3) is 0.938. The number of sulfonamides is 2. The molecular weight excluding hydrogens is 390 g/mol. The van der Waals surface area contributed by atoms with Crippen molar-refractivity contribution in [3.8, 4) is 0 Å². The average Bonchev–Trinajstić information content (AvgIpc) is 2.51. The van der Waals surface area contributed by atoms with Crippen molar-refractivity contribution in [2.45, 2.75) is 58.5 Å². The molecule has 0 bridgehead atoms. The topological polar surface area (TPSA) is 120 Å². The highest BCUT2D eigenvalue weighted by atomic mass is 32.2. The summed E-state index contributed by atoms with van der Waals surface area (Å²) < 4.78 is 51.3. The monoisotopic (exact) mass is 425 g/mol. The first-order chi connectivity index (χ1) is 12.4. The molecule has 0 spiro atoms. The second kappa shape index (κ2) is 10.0. The number of guanidine groups is 1. The van der Waals surface area contributed by atoms with Crippen LogP contribution in [0.3, 0.4) is 0 Å².